The van der Waals surface area contributed by atoms with Crippen LogP contribution in [0.4, 0.5) is 0 Å². The molecule has 0 fully saturated rings. The SMILES string of the molecule is CC(COc1ccc2c(c1)[nH]c1ccccc12)NC[C@H](O)c1ccccc1. The van der Waals surface area contributed by atoms with Gasteiger partial charge in [-0.3, -0.25) is 0 Å². The maximum atomic E-state index is 10.2. The molecule has 0 amide bonds. The number of aliphatic hydroxyl groups is 1. The number of nitrogens with one attached hydrogen (secondary N) is 2. The van der Waals surface area contributed by atoms with Gasteiger partial charge < -0.3 is 20.1 Å². The lowest BCUT2D eigenvalue weighted by atomic mass is 10.1. The fourth-order valence-electron chi connectivity index (χ4n) is 3.31. The molecule has 4 aromatic rings. The first-order valence-corrected chi connectivity index (χ1v) is 9.30. The molecule has 0 radical (unpaired) electrons. The molecule has 2 atom stereocenters. The summed E-state index contributed by atoms with van der Waals surface area (Å²) < 4.78 is 5.95. The molecule has 0 saturated carbocycles. The van der Waals surface area contributed by atoms with Gasteiger partial charge in [0.1, 0.15) is 12.4 Å². The van der Waals surface area contributed by atoms with Gasteiger partial charge in [-0.05, 0) is 30.7 Å². The van der Waals surface area contributed by atoms with Crippen molar-refractivity contribution >= 4 is 21.8 Å². The van der Waals surface area contributed by atoms with E-state index >= 15 is 0 Å². The number of benzene rings is 3. The highest BCUT2D eigenvalue weighted by Crippen LogP contribution is 2.28. The predicted octanol–water partition coefficient (Wildman–Crippen LogP) is 4.41. The first-order valence-electron chi connectivity index (χ1n) is 9.30. The molecule has 4 rings (SSSR count). The van der Waals surface area contributed by atoms with E-state index in [-0.39, 0.29) is 6.04 Å². The highest BCUT2D eigenvalue weighted by atomic mass is 16.5. The number of para-hydroxylation sites is 1. The Bertz CT molecular complexity index is 1030. The van der Waals surface area contributed by atoms with Crippen molar-refractivity contribution < 1.29 is 9.84 Å². The molecule has 4 heteroatoms. The van der Waals surface area contributed by atoms with E-state index in [0.29, 0.717) is 13.2 Å². The van der Waals surface area contributed by atoms with Crippen LogP contribution in [0.3, 0.4) is 0 Å². The van der Waals surface area contributed by atoms with Crippen LogP contribution in [0.2, 0.25) is 0 Å². The van der Waals surface area contributed by atoms with Gasteiger partial charge in [-0.2, -0.15) is 0 Å². The molecule has 0 bridgehead atoms. The number of H-pyrrole nitrogens is 1. The number of ether oxygens (including phenoxy) is 1. The predicted molar refractivity (Wildman–Crippen MR) is 110 cm³/mol. The second-order valence-electron chi connectivity index (χ2n) is 6.92. The van der Waals surface area contributed by atoms with Crippen LogP contribution in [-0.4, -0.2) is 29.3 Å². The molecule has 1 heterocycles. The topological polar surface area (TPSA) is 57.3 Å². The lowest BCUT2D eigenvalue weighted by molar-refractivity contribution is 0.164. The highest BCUT2D eigenvalue weighted by Gasteiger charge is 2.10. The van der Waals surface area contributed by atoms with Crippen LogP contribution in [-0.2, 0) is 0 Å². The van der Waals surface area contributed by atoms with E-state index in [1.807, 2.05) is 48.5 Å². The zero-order valence-corrected chi connectivity index (χ0v) is 15.4. The zero-order chi connectivity index (χ0) is 18.6. The maximum absolute atomic E-state index is 10.2. The van der Waals surface area contributed by atoms with Crippen molar-refractivity contribution in [3.05, 3.63) is 78.4 Å². The van der Waals surface area contributed by atoms with Crippen LogP contribution in [0.1, 0.15) is 18.6 Å². The Kier molecular flexibility index (Phi) is 5.10. The van der Waals surface area contributed by atoms with Crippen LogP contribution < -0.4 is 10.1 Å². The average Bonchev–Trinajstić information content (AvgIpc) is 3.09. The number of aromatic nitrogens is 1. The van der Waals surface area contributed by atoms with Gasteiger partial charge in [0.05, 0.1) is 11.6 Å². The fraction of sp³-hybridized carbons (Fsp3) is 0.217. The Morgan fingerprint density at radius 1 is 0.926 bits per heavy atom. The van der Waals surface area contributed by atoms with Gasteiger partial charge in [0.15, 0.2) is 0 Å². The second-order valence-corrected chi connectivity index (χ2v) is 6.92. The monoisotopic (exact) mass is 360 g/mol. The third-order valence-corrected chi connectivity index (χ3v) is 4.82. The molecule has 0 aliphatic rings. The number of aromatic amines is 1. The zero-order valence-electron chi connectivity index (χ0n) is 15.4. The Labute approximate surface area is 158 Å². The molecule has 0 aliphatic heterocycles. The third kappa shape index (κ3) is 3.97. The van der Waals surface area contributed by atoms with Gasteiger partial charge in [-0.1, -0.05) is 48.5 Å². The maximum Gasteiger partial charge on any atom is 0.121 e. The van der Waals surface area contributed by atoms with Crippen LogP contribution >= 0.6 is 0 Å². The summed E-state index contributed by atoms with van der Waals surface area (Å²) in [5.41, 5.74) is 3.13. The molecule has 138 valence electrons. The first-order chi connectivity index (χ1) is 13.2. The van der Waals surface area contributed by atoms with E-state index in [1.54, 1.807) is 0 Å². The summed E-state index contributed by atoms with van der Waals surface area (Å²) in [5.74, 6) is 0.839. The Morgan fingerprint density at radius 3 is 2.52 bits per heavy atom. The van der Waals surface area contributed by atoms with Crippen molar-refractivity contribution in [2.24, 2.45) is 0 Å². The molecule has 0 saturated heterocycles. The van der Waals surface area contributed by atoms with Crippen LogP contribution in [0.5, 0.6) is 5.75 Å². The number of fused-ring (bicyclic) bond motifs is 3. The van der Waals surface area contributed by atoms with E-state index in [1.165, 1.54) is 10.8 Å². The molecular formula is C23H24N2O2. The summed E-state index contributed by atoms with van der Waals surface area (Å²) in [6.07, 6.45) is -0.517. The largest absolute Gasteiger partial charge is 0.492 e. The number of aliphatic hydroxyl groups excluding tert-OH is 1. The molecule has 27 heavy (non-hydrogen) atoms. The van der Waals surface area contributed by atoms with Crippen molar-refractivity contribution in [1.29, 1.82) is 0 Å². The minimum absolute atomic E-state index is 0.127. The van der Waals surface area contributed by atoms with Crippen molar-refractivity contribution in [3.8, 4) is 5.75 Å². The summed E-state index contributed by atoms with van der Waals surface area (Å²) in [6.45, 7) is 3.09. The number of rotatable bonds is 7. The van der Waals surface area contributed by atoms with Crippen molar-refractivity contribution in [1.82, 2.24) is 10.3 Å². The molecule has 3 N–H and O–H groups in total. The third-order valence-electron chi connectivity index (χ3n) is 4.82. The second kappa shape index (κ2) is 7.82. The number of hydrogen-bond acceptors (Lipinski definition) is 3. The summed E-state index contributed by atoms with van der Waals surface area (Å²) in [4.78, 5) is 3.44. The van der Waals surface area contributed by atoms with Gasteiger partial charge in [-0.15, -0.1) is 0 Å². The first kappa shape index (κ1) is 17.6. The van der Waals surface area contributed by atoms with E-state index in [0.717, 1.165) is 22.3 Å². The Hall–Kier alpha value is -2.82. The van der Waals surface area contributed by atoms with Gasteiger partial charge in [0, 0.05) is 34.9 Å². The van der Waals surface area contributed by atoms with Crippen LogP contribution in [0.15, 0.2) is 72.8 Å². The smallest absolute Gasteiger partial charge is 0.121 e. The molecule has 4 nitrogen and oxygen atoms in total. The summed E-state index contributed by atoms with van der Waals surface area (Å²) in [5, 5.41) is 16.0. The molecule has 1 unspecified atom stereocenters. The lowest BCUT2D eigenvalue weighted by Gasteiger charge is -2.18. The summed E-state index contributed by atoms with van der Waals surface area (Å²) in [7, 11) is 0. The molecule has 3 aromatic carbocycles. The van der Waals surface area contributed by atoms with E-state index in [9.17, 15) is 5.11 Å². The summed E-state index contributed by atoms with van der Waals surface area (Å²) >= 11 is 0. The standard InChI is InChI=1S/C23H24N2O2/c1-16(24-14-23(26)17-7-3-2-4-8-17)15-27-18-11-12-20-19-9-5-6-10-21(19)25-22(20)13-18/h2-13,16,23-26H,14-15H2,1H3/t16?,23-/m0/s1. The summed E-state index contributed by atoms with van der Waals surface area (Å²) in [6, 6.07) is 24.3. The number of hydrogen-bond donors (Lipinski definition) is 3. The minimum atomic E-state index is -0.517. The van der Waals surface area contributed by atoms with Gasteiger partial charge >= 0.3 is 0 Å². The molecular weight excluding hydrogens is 336 g/mol. The Morgan fingerprint density at radius 2 is 1.67 bits per heavy atom. The molecule has 0 aliphatic carbocycles. The van der Waals surface area contributed by atoms with E-state index in [2.05, 4.69) is 41.5 Å². The van der Waals surface area contributed by atoms with E-state index in [4.69, 9.17) is 4.74 Å². The molecule has 1 aromatic heterocycles. The minimum Gasteiger partial charge on any atom is -0.492 e. The molecule has 0 spiro atoms. The van der Waals surface area contributed by atoms with Gasteiger partial charge in [0.2, 0.25) is 0 Å². The van der Waals surface area contributed by atoms with Crippen LogP contribution in [0.25, 0.3) is 21.8 Å². The van der Waals surface area contributed by atoms with Crippen molar-refractivity contribution in [2.45, 2.75) is 19.1 Å². The quantitative estimate of drug-likeness (QED) is 0.457. The van der Waals surface area contributed by atoms with Crippen LogP contribution in [0, 0.1) is 0 Å². The highest BCUT2D eigenvalue weighted by molar-refractivity contribution is 6.07. The lowest BCUT2D eigenvalue weighted by Crippen LogP contribution is -2.34. The Balaban J connectivity index is 1.34. The normalized spacial score (nSPS) is 13.7. The van der Waals surface area contributed by atoms with Gasteiger partial charge in [-0.25, -0.2) is 0 Å². The van der Waals surface area contributed by atoms with Crippen molar-refractivity contribution in [2.75, 3.05) is 13.2 Å². The van der Waals surface area contributed by atoms with Crippen molar-refractivity contribution in [3.63, 3.8) is 0 Å². The fourth-order valence-corrected chi connectivity index (χ4v) is 3.31. The average molecular weight is 360 g/mol. The van der Waals surface area contributed by atoms with E-state index < -0.39 is 6.10 Å². The van der Waals surface area contributed by atoms with Gasteiger partial charge in [0.25, 0.3) is 0 Å².